The van der Waals surface area contributed by atoms with Crippen molar-refractivity contribution in [3.05, 3.63) is 59.9 Å². The van der Waals surface area contributed by atoms with Gasteiger partial charge in [0, 0.05) is 50.1 Å². The third-order valence-electron chi connectivity index (χ3n) is 5.48. The summed E-state index contributed by atoms with van der Waals surface area (Å²) < 4.78 is 17.6. The Morgan fingerprint density at radius 3 is 2.92 bits per heavy atom. The van der Waals surface area contributed by atoms with Crippen LogP contribution < -0.4 is 4.74 Å². The lowest BCUT2D eigenvalue weighted by molar-refractivity contribution is -0.146. The Morgan fingerprint density at radius 1 is 1.23 bits per heavy atom. The van der Waals surface area contributed by atoms with Gasteiger partial charge < -0.3 is 14.2 Å². The van der Waals surface area contributed by atoms with Crippen molar-refractivity contribution < 1.29 is 14.2 Å². The quantitative estimate of drug-likeness (QED) is 0.765. The fraction of sp³-hybridized carbons (Fsp3) is 0.476. The molecule has 1 unspecified atom stereocenters. The topological polar surface area (TPSA) is 43.8 Å². The highest BCUT2D eigenvalue weighted by atomic mass is 16.5. The minimum absolute atomic E-state index is 0.0308. The summed E-state index contributed by atoms with van der Waals surface area (Å²) in [6.45, 7) is 5.03. The van der Waals surface area contributed by atoms with Gasteiger partial charge in [-0.25, -0.2) is 0 Å². The van der Waals surface area contributed by atoms with Gasteiger partial charge >= 0.3 is 0 Å². The molecule has 1 aromatic carbocycles. The summed E-state index contributed by atoms with van der Waals surface area (Å²) in [7, 11) is 1.73. The zero-order chi connectivity index (χ0) is 17.8. The molecule has 2 aromatic rings. The number of pyridine rings is 1. The van der Waals surface area contributed by atoms with Crippen molar-refractivity contribution in [1.82, 2.24) is 9.88 Å². The van der Waals surface area contributed by atoms with Gasteiger partial charge in [0.25, 0.3) is 0 Å². The molecule has 1 atom stereocenters. The smallest absolute Gasteiger partial charge is 0.123 e. The molecule has 26 heavy (non-hydrogen) atoms. The molecule has 0 radical (unpaired) electrons. The van der Waals surface area contributed by atoms with Crippen LogP contribution in [0.15, 0.2) is 48.8 Å². The predicted molar refractivity (Wildman–Crippen MR) is 99.0 cm³/mol. The number of benzene rings is 1. The van der Waals surface area contributed by atoms with Crippen LogP contribution in [0, 0.1) is 5.92 Å². The second kappa shape index (κ2) is 7.74. The van der Waals surface area contributed by atoms with Crippen molar-refractivity contribution in [2.24, 2.45) is 5.92 Å². The van der Waals surface area contributed by atoms with E-state index < -0.39 is 0 Å². The molecule has 0 N–H and O–H groups in total. The van der Waals surface area contributed by atoms with Gasteiger partial charge in [0.1, 0.15) is 5.75 Å². The van der Waals surface area contributed by atoms with Gasteiger partial charge in [-0.1, -0.05) is 24.3 Å². The van der Waals surface area contributed by atoms with E-state index in [2.05, 4.69) is 22.0 Å². The van der Waals surface area contributed by atoms with Crippen molar-refractivity contribution in [2.45, 2.75) is 25.2 Å². The number of likely N-dealkylation sites (tertiary alicyclic amines) is 1. The van der Waals surface area contributed by atoms with E-state index in [4.69, 9.17) is 14.2 Å². The minimum atomic E-state index is -0.0308. The zero-order valence-electron chi connectivity index (χ0n) is 15.3. The van der Waals surface area contributed by atoms with Gasteiger partial charge in [0.15, 0.2) is 0 Å². The van der Waals surface area contributed by atoms with E-state index >= 15 is 0 Å². The molecule has 2 saturated heterocycles. The highest BCUT2D eigenvalue weighted by Crippen LogP contribution is 2.41. The van der Waals surface area contributed by atoms with E-state index in [0.717, 1.165) is 50.6 Å². The summed E-state index contributed by atoms with van der Waals surface area (Å²) in [4.78, 5) is 6.56. The molecule has 1 spiro atoms. The Balaban J connectivity index is 1.29. The van der Waals surface area contributed by atoms with Crippen LogP contribution in [-0.4, -0.2) is 48.9 Å². The highest BCUT2D eigenvalue weighted by Gasteiger charge is 2.52. The molecule has 0 amide bonds. The molecule has 5 heteroatoms. The van der Waals surface area contributed by atoms with E-state index in [0.29, 0.717) is 12.5 Å². The number of ether oxygens (including phenoxy) is 3. The molecule has 4 rings (SSSR count). The molecule has 2 aliphatic rings. The van der Waals surface area contributed by atoms with Gasteiger partial charge in [-0.2, -0.15) is 0 Å². The molecule has 2 aliphatic heterocycles. The Labute approximate surface area is 154 Å². The van der Waals surface area contributed by atoms with E-state index in [1.165, 1.54) is 5.56 Å². The van der Waals surface area contributed by atoms with Crippen LogP contribution >= 0.6 is 0 Å². The second-order valence-corrected chi connectivity index (χ2v) is 7.23. The normalized spacial score (nSPS) is 21.7. The average Bonchev–Trinajstić information content (AvgIpc) is 3.07. The molecule has 0 aliphatic carbocycles. The van der Waals surface area contributed by atoms with Crippen molar-refractivity contribution in [2.75, 3.05) is 33.4 Å². The van der Waals surface area contributed by atoms with Crippen LogP contribution in [0.25, 0.3) is 0 Å². The molecule has 0 bridgehead atoms. The first kappa shape index (κ1) is 17.5. The molecule has 2 fully saturated rings. The fourth-order valence-corrected chi connectivity index (χ4v) is 4.07. The minimum Gasteiger partial charge on any atom is -0.496 e. The standard InChI is InChI=1S/C21H26N2O3/c1-24-20-7-3-2-6-18(20)12-23-15-21(16-23)19(8-10-26-21)14-25-13-17-5-4-9-22-11-17/h2-7,9,11,19H,8,10,12-16H2,1H3. The van der Waals surface area contributed by atoms with Crippen LogP contribution in [0.4, 0.5) is 0 Å². The summed E-state index contributed by atoms with van der Waals surface area (Å²) >= 11 is 0. The molecule has 0 saturated carbocycles. The van der Waals surface area contributed by atoms with E-state index in [9.17, 15) is 0 Å². The first-order valence-corrected chi connectivity index (χ1v) is 9.24. The van der Waals surface area contributed by atoms with Gasteiger partial charge in [-0.3, -0.25) is 9.88 Å². The van der Waals surface area contributed by atoms with Gasteiger partial charge in [-0.15, -0.1) is 0 Å². The Morgan fingerprint density at radius 2 is 2.12 bits per heavy atom. The summed E-state index contributed by atoms with van der Waals surface area (Å²) in [5.41, 5.74) is 2.32. The first-order chi connectivity index (χ1) is 12.8. The Bertz CT molecular complexity index is 716. The number of methoxy groups -OCH3 is 1. The number of para-hydroxylation sites is 1. The van der Waals surface area contributed by atoms with Crippen LogP contribution in [0.5, 0.6) is 5.75 Å². The number of hydrogen-bond acceptors (Lipinski definition) is 5. The third-order valence-corrected chi connectivity index (χ3v) is 5.48. The van der Waals surface area contributed by atoms with Gasteiger partial charge in [0.05, 0.1) is 25.9 Å². The number of nitrogens with zero attached hydrogens (tertiary/aromatic N) is 2. The monoisotopic (exact) mass is 354 g/mol. The number of rotatable bonds is 7. The van der Waals surface area contributed by atoms with Crippen molar-refractivity contribution in [3.63, 3.8) is 0 Å². The second-order valence-electron chi connectivity index (χ2n) is 7.23. The SMILES string of the molecule is COc1ccccc1CN1CC2(C1)OCCC2COCc1cccnc1. The molecular weight excluding hydrogens is 328 g/mol. The van der Waals surface area contributed by atoms with Crippen LogP contribution in [0.1, 0.15) is 17.5 Å². The van der Waals surface area contributed by atoms with Crippen molar-refractivity contribution in [3.8, 4) is 5.75 Å². The summed E-state index contributed by atoms with van der Waals surface area (Å²) in [5.74, 6) is 1.42. The lowest BCUT2D eigenvalue weighted by Crippen LogP contribution is -2.64. The molecule has 138 valence electrons. The number of hydrogen-bond donors (Lipinski definition) is 0. The van der Waals surface area contributed by atoms with Crippen molar-refractivity contribution >= 4 is 0 Å². The maximum atomic E-state index is 6.15. The Hall–Kier alpha value is -1.95. The molecule has 5 nitrogen and oxygen atoms in total. The molecule has 1 aromatic heterocycles. The first-order valence-electron chi connectivity index (χ1n) is 9.24. The highest BCUT2D eigenvalue weighted by molar-refractivity contribution is 5.33. The number of aromatic nitrogens is 1. The van der Waals surface area contributed by atoms with E-state index in [1.54, 1.807) is 13.3 Å². The van der Waals surface area contributed by atoms with Crippen LogP contribution in [0.2, 0.25) is 0 Å². The lowest BCUT2D eigenvalue weighted by Gasteiger charge is -2.50. The third kappa shape index (κ3) is 3.61. The maximum absolute atomic E-state index is 6.15. The van der Waals surface area contributed by atoms with Crippen LogP contribution in [0.3, 0.4) is 0 Å². The lowest BCUT2D eigenvalue weighted by atomic mass is 9.81. The van der Waals surface area contributed by atoms with Gasteiger partial charge in [-0.05, 0) is 24.1 Å². The Kier molecular flexibility index (Phi) is 5.20. The molecule has 3 heterocycles. The van der Waals surface area contributed by atoms with E-state index in [1.807, 2.05) is 30.5 Å². The summed E-state index contributed by atoms with van der Waals surface area (Å²) in [6, 6.07) is 12.2. The van der Waals surface area contributed by atoms with E-state index in [-0.39, 0.29) is 5.60 Å². The van der Waals surface area contributed by atoms with Crippen LogP contribution in [-0.2, 0) is 22.6 Å². The largest absolute Gasteiger partial charge is 0.496 e. The maximum Gasteiger partial charge on any atom is 0.123 e. The van der Waals surface area contributed by atoms with Crippen molar-refractivity contribution in [1.29, 1.82) is 0 Å². The zero-order valence-corrected chi connectivity index (χ0v) is 15.3. The fourth-order valence-electron chi connectivity index (χ4n) is 4.07. The van der Waals surface area contributed by atoms with Gasteiger partial charge in [0.2, 0.25) is 0 Å². The summed E-state index contributed by atoms with van der Waals surface area (Å²) in [5, 5.41) is 0. The average molecular weight is 354 g/mol. The summed E-state index contributed by atoms with van der Waals surface area (Å²) in [6.07, 6.45) is 4.72. The predicted octanol–water partition coefficient (Wildman–Crippen LogP) is 2.90. The molecular formula is C21H26N2O3.